The summed E-state index contributed by atoms with van der Waals surface area (Å²) < 4.78 is 5.07. The Morgan fingerprint density at radius 3 is 2.37 bits per heavy atom. The second kappa shape index (κ2) is 8.02. The predicted octanol–water partition coefficient (Wildman–Crippen LogP) is 4.07. The minimum Gasteiger partial charge on any atom is -0.427 e. The highest BCUT2D eigenvalue weighted by Gasteiger charge is 2.64. The van der Waals surface area contributed by atoms with Gasteiger partial charge < -0.3 is 9.64 Å². The third-order valence-corrected chi connectivity index (χ3v) is 7.74. The second-order valence-corrected chi connectivity index (χ2v) is 9.72. The van der Waals surface area contributed by atoms with Crippen LogP contribution < -0.4 is 9.64 Å². The fraction of sp³-hybridized carbons (Fsp3) is 0.185. The molecule has 1 aromatic heterocycles. The standard InChI is InChI=1S/C27H20N2O5S/c1-15(30)34-18-10-8-17(9-11-18)29-26(32)21-22(27(29)33)24(25(31)20-7-4-14-35-20)28-13-12-16-5-2-3-6-19(16)23(21)28/h2-14,21-24H,1H3/t21-,22+,23+,24+/m0/s1. The zero-order valence-electron chi connectivity index (χ0n) is 18.7. The zero-order valence-corrected chi connectivity index (χ0v) is 19.5. The summed E-state index contributed by atoms with van der Waals surface area (Å²) >= 11 is 1.33. The van der Waals surface area contributed by atoms with Crippen LogP contribution in [0.2, 0.25) is 0 Å². The van der Waals surface area contributed by atoms with E-state index in [4.69, 9.17) is 4.74 Å². The molecule has 0 bridgehead atoms. The molecule has 35 heavy (non-hydrogen) atoms. The van der Waals surface area contributed by atoms with Crippen LogP contribution in [-0.4, -0.2) is 34.5 Å². The molecule has 3 aliphatic rings. The van der Waals surface area contributed by atoms with E-state index in [1.807, 2.05) is 52.9 Å². The normalized spacial score (nSPS) is 24.3. The summed E-state index contributed by atoms with van der Waals surface area (Å²) in [5.41, 5.74) is 2.29. The van der Waals surface area contributed by atoms with Crippen molar-refractivity contribution in [2.24, 2.45) is 11.8 Å². The van der Waals surface area contributed by atoms with Gasteiger partial charge in [0, 0.05) is 13.1 Å². The number of ether oxygens (including phenoxy) is 1. The van der Waals surface area contributed by atoms with Crippen LogP contribution in [0, 0.1) is 11.8 Å². The van der Waals surface area contributed by atoms with Crippen molar-refractivity contribution in [1.29, 1.82) is 0 Å². The van der Waals surface area contributed by atoms with Crippen molar-refractivity contribution in [2.75, 3.05) is 4.90 Å². The highest BCUT2D eigenvalue weighted by molar-refractivity contribution is 7.12. The Morgan fingerprint density at radius 1 is 0.914 bits per heavy atom. The summed E-state index contributed by atoms with van der Waals surface area (Å²) in [7, 11) is 0. The zero-order chi connectivity index (χ0) is 24.3. The molecule has 0 spiro atoms. The molecule has 0 aliphatic carbocycles. The number of carbonyl (C=O) groups is 4. The van der Waals surface area contributed by atoms with E-state index >= 15 is 0 Å². The Labute approximate surface area is 205 Å². The lowest BCUT2D eigenvalue weighted by Crippen LogP contribution is -2.44. The molecule has 3 aromatic rings. The summed E-state index contributed by atoms with van der Waals surface area (Å²) in [6.07, 6.45) is 3.78. The fourth-order valence-electron chi connectivity index (χ4n) is 5.51. The quantitative estimate of drug-likeness (QED) is 0.240. The first-order chi connectivity index (χ1) is 17.0. The summed E-state index contributed by atoms with van der Waals surface area (Å²) in [6, 6.07) is 16.4. The van der Waals surface area contributed by atoms with Gasteiger partial charge >= 0.3 is 5.97 Å². The van der Waals surface area contributed by atoms with Crippen LogP contribution >= 0.6 is 11.3 Å². The number of hydrogen-bond acceptors (Lipinski definition) is 7. The first-order valence-electron chi connectivity index (χ1n) is 11.2. The van der Waals surface area contributed by atoms with Crippen molar-refractivity contribution in [1.82, 2.24) is 4.90 Å². The van der Waals surface area contributed by atoms with Gasteiger partial charge in [-0.25, -0.2) is 4.90 Å². The number of rotatable bonds is 4. The number of carbonyl (C=O) groups excluding carboxylic acids is 4. The number of hydrogen-bond donors (Lipinski definition) is 0. The number of imide groups is 1. The van der Waals surface area contributed by atoms with Crippen LogP contribution in [0.1, 0.15) is 33.8 Å². The number of anilines is 1. The maximum absolute atomic E-state index is 13.8. The molecule has 174 valence electrons. The van der Waals surface area contributed by atoms with Crippen molar-refractivity contribution in [3.05, 3.63) is 88.2 Å². The van der Waals surface area contributed by atoms with Crippen LogP contribution in [0.4, 0.5) is 5.69 Å². The summed E-state index contributed by atoms with van der Waals surface area (Å²) in [6.45, 7) is 1.30. The molecule has 0 saturated carbocycles. The summed E-state index contributed by atoms with van der Waals surface area (Å²) in [5.74, 6) is -2.53. The van der Waals surface area contributed by atoms with E-state index in [-0.39, 0.29) is 11.7 Å². The second-order valence-electron chi connectivity index (χ2n) is 8.77. The van der Waals surface area contributed by atoms with E-state index < -0.39 is 35.8 Å². The molecule has 2 amide bonds. The predicted molar refractivity (Wildman–Crippen MR) is 130 cm³/mol. The van der Waals surface area contributed by atoms with Gasteiger partial charge in [-0.05, 0) is 52.9 Å². The Kier molecular flexibility index (Phi) is 4.93. The van der Waals surface area contributed by atoms with Gasteiger partial charge in [0.2, 0.25) is 11.8 Å². The number of Topliss-reactive ketones (excluding diaryl/α,β-unsaturated/α-hetero) is 1. The van der Waals surface area contributed by atoms with Crippen LogP contribution in [0.15, 0.2) is 72.2 Å². The van der Waals surface area contributed by atoms with Crippen molar-refractivity contribution in [3.63, 3.8) is 0 Å². The maximum atomic E-state index is 13.8. The molecule has 2 saturated heterocycles. The molecule has 3 aliphatic heterocycles. The highest BCUT2D eigenvalue weighted by atomic mass is 32.1. The van der Waals surface area contributed by atoms with E-state index in [2.05, 4.69) is 0 Å². The van der Waals surface area contributed by atoms with E-state index in [1.165, 1.54) is 23.2 Å². The maximum Gasteiger partial charge on any atom is 0.308 e. The number of nitrogens with zero attached hydrogens (tertiary/aromatic N) is 2. The van der Waals surface area contributed by atoms with Gasteiger partial charge in [-0.1, -0.05) is 30.3 Å². The van der Waals surface area contributed by atoms with E-state index in [0.29, 0.717) is 16.3 Å². The van der Waals surface area contributed by atoms with Gasteiger partial charge in [0.25, 0.3) is 0 Å². The molecule has 0 unspecified atom stereocenters. The molecule has 6 rings (SSSR count). The van der Waals surface area contributed by atoms with Gasteiger partial charge in [0.15, 0.2) is 5.78 Å². The SMILES string of the molecule is CC(=O)Oc1ccc(N2C(=O)[C@@H]3[C@H](C2=O)[C@H]2c4ccccc4C=CN2[C@H]3C(=O)c2cccs2)cc1. The number of amides is 2. The van der Waals surface area contributed by atoms with Crippen molar-refractivity contribution < 1.29 is 23.9 Å². The van der Waals surface area contributed by atoms with Crippen molar-refractivity contribution >= 4 is 46.7 Å². The number of benzene rings is 2. The van der Waals surface area contributed by atoms with Crippen molar-refractivity contribution in [3.8, 4) is 5.75 Å². The molecule has 7 nitrogen and oxygen atoms in total. The average Bonchev–Trinajstić information content (AvgIpc) is 3.56. The lowest BCUT2D eigenvalue weighted by molar-refractivity contribution is -0.132. The minimum atomic E-state index is -0.814. The smallest absolute Gasteiger partial charge is 0.308 e. The van der Waals surface area contributed by atoms with Gasteiger partial charge in [0.05, 0.1) is 28.4 Å². The van der Waals surface area contributed by atoms with Gasteiger partial charge in [-0.15, -0.1) is 11.3 Å². The average molecular weight is 485 g/mol. The third-order valence-electron chi connectivity index (χ3n) is 6.85. The molecule has 0 N–H and O–H groups in total. The molecular formula is C27H20N2O5S. The number of esters is 1. The molecule has 4 heterocycles. The topological polar surface area (TPSA) is 84.0 Å². The first kappa shape index (κ1) is 21.5. The summed E-state index contributed by atoms with van der Waals surface area (Å²) in [5, 5.41) is 1.83. The van der Waals surface area contributed by atoms with Crippen LogP contribution in [0.25, 0.3) is 6.08 Å². The first-order valence-corrected chi connectivity index (χ1v) is 12.1. The molecule has 0 radical (unpaired) electrons. The highest BCUT2D eigenvalue weighted by Crippen LogP contribution is 2.53. The largest absolute Gasteiger partial charge is 0.427 e. The number of thiophene rings is 1. The molecular weight excluding hydrogens is 464 g/mol. The lowest BCUT2D eigenvalue weighted by Gasteiger charge is -2.35. The molecule has 8 heteroatoms. The molecule has 2 fully saturated rings. The summed E-state index contributed by atoms with van der Waals surface area (Å²) in [4.78, 5) is 56.2. The third kappa shape index (κ3) is 3.24. The Hall–Kier alpha value is -4.04. The van der Waals surface area contributed by atoms with E-state index in [9.17, 15) is 19.2 Å². The molecule has 2 aromatic carbocycles. The fourth-order valence-corrected chi connectivity index (χ4v) is 6.20. The van der Waals surface area contributed by atoms with E-state index in [1.54, 1.807) is 30.3 Å². The van der Waals surface area contributed by atoms with Crippen LogP contribution in [0.5, 0.6) is 5.75 Å². The number of fused-ring (bicyclic) bond motifs is 5. The van der Waals surface area contributed by atoms with Crippen LogP contribution in [-0.2, 0) is 14.4 Å². The van der Waals surface area contributed by atoms with Gasteiger partial charge in [-0.3, -0.25) is 19.2 Å². The van der Waals surface area contributed by atoms with Gasteiger partial charge in [-0.2, -0.15) is 0 Å². The van der Waals surface area contributed by atoms with Gasteiger partial charge in [0.1, 0.15) is 11.8 Å². The molecule has 4 atom stereocenters. The monoisotopic (exact) mass is 484 g/mol. The van der Waals surface area contributed by atoms with E-state index in [0.717, 1.165) is 11.1 Å². The Bertz CT molecular complexity index is 1400. The Balaban J connectivity index is 1.44. The number of ketones is 1. The lowest BCUT2D eigenvalue weighted by atomic mass is 9.84. The van der Waals surface area contributed by atoms with Crippen molar-refractivity contribution in [2.45, 2.75) is 19.0 Å². The Morgan fingerprint density at radius 2 is 1.66 bits per heavy atom. The van der Waals surface area contributed by atoms with Crippen LogP contribution in [0.3, 0.4) is 0 Å². The minimum absolute atomic E-state index is 0.158.